The summed E-state index contributed by atoms with van der Waals surface area (Å²) in [6.45, 7) is 4.86. The third-order valence-corrected chi connectivity index (χ3v) is 4.31. The van der Waals surface area contributed by atoms with Gasteiger partial charge in [0.2, 0.25) is 0 Å². The Kier molecular flexibility index (Phi) is 5.24. The van der Waals surface area contributed by atoms with Gasteiger partial charge in [-0.3, -0.25) is 0 Å². The lowest BCUT2D eigenvalue weighted by molar-refractivity contribution is 0.573. The molecule has 0 bridgehead atoms. The van der Waals surface area contributed by atoms with Gasteiger partial charge in [0.25, 0.3) is 0 Å². The second-order valence-electron chi connectivity index (χ2n) is 5.91. The summed E-state index contributed by atoms with van der Waals surface area (Å²) in [6, 6.07) is 16.3. The fraction of sp³-hybridized carbons (Fsp3) is 0.200. The summed E-state index contributed by atoms with van der Waals surface area (Å²) in [5.74, 6) is 0.751. The Morgan fingerprint density at radius 3 is 2.50 bits per heavy atom. The normalized spacial score (nSPS) is 12.1. The Hall–Kier alpha value is -2.23. The zero-order valence-electron chi connectivity index (χ0n) is 13.8. The van der Waals surface area contributed by atoms with Crippen LogP contribution in [0, 0.1) is 6.92 Å². The van der Waals surface area contributed by atoms with Crippen molar-refractivity contribution < 1.29 is 0 Å². The van der Waals surface area contributed by atoms with Crippen molar-refractivity contribution in [1.29, 1.82) is 0 Å². The first-order chi connectivity index (χ1) is 11.6. The molecule has 0 saturated heterocycles. The van der Waals surface area contributed by atoms with Crippen molar-refractivity contribution in [3.8, 4) is 11.4 Å². The molecule has 3 rings (SSSR count). The number of aromatic nitrogens is 2. The highest BCUT2D eigenvalue weighted by Crippen LogP contribution is 2.22. The first-order valence-corrected chi connectivity index (χ1v) is 8.37. The molecule has 0 radical (unpaired) electrons. The van der Waals surface area contributed by atoms with Crippen molar-refractivity contribution in [3.05, 3.63) is 82.6 Å². The molecule has 0 spiro atoms. The molecule has 0 aliphatic rings. The van der Waals surface area contributed by atoms with Gasteiger partial charge in [-0.15, -0.1) is 0 Å². The fourth-order valence-corrected chi connectivity index (χ4v) is 2.89. The number of rotatable bonds is 5. The lowest BCUT2D eigenvalue weighted by Crippen LogP contribution is -2.18. The minimum Gasteiger partial charge on any atom is -0.306 e. The third kappa shape index (κ3) is 3.99. The minimum absolute atomic E-state index is 0.162. The third-order valence-electron chi connectivity index (χ3n) is 3.97. The van der Waals surface area contributed by atoms with E-state index in [4.69, 9.17) is 11.6 Å². The average Bonchev–Trinajstić information content (AvgIpc) is 2.60. The van der Waals surface area contributed by atoms with Crippen LogP contribution in [0.15, 0.2) is 60.9 Å². The van der Waals surface area contributed by atoms with Crippen LogP contribution in [0.25, 0.3) is 11.4 Å². The van der Waals surface area contributed by atoms with Crippen LogP contribution in [-0.2, 0) is 6.54 Å². The number of aryl methyl sites for hydroxylation is 1. The second kappa shape index (κ2) is 7.56. The van der Waals surface area contributed by atoms with Crippen LogP contribution in [-0.4, -0.2) is 9.97 Å². The SMILES string of the molecule is Cc1cccc(-c2ncc(CN[C@@H](C)c3ccccc3Cl)cn2)c1. The van der Waals surface area contributed by atoms with E-state index in [1.165, 1.54) is 5.56 Å². The smallest absolute Gasteiger partial charge is 0.159 e. The maximum Gasteiger partial charge on any atom is 0.159 e. The molecular weight excluding hydrogens is 318 g/mol. The van der Waals surface area contributed by atoms with Crippen molar-refractivity contribution in [2.75, 3.05) is 0 Å². The first-order valence-electron chi connectivity index (χ1n) is 7.99. The molecule has 0 unspecified atom stereocenters. The number of hydrogen-bond donors (Lipinski definition) is 1. The molecule has 1 N–H and O–H groups in total. The number of hydrogen-bond acceptors (Lipinski definition) is 3. The molecule has 3 nitrogen and oxygen atoms in total. The van der Waals surface area contributed by atoms with Crippen molar-refractivity contribution in [2.45, 2.75) is 26.4 Å². The standard InChI is InChI=1S/C20H20ClN3/c1-14-6-5-7-17(10-14)20-23-12-16(13-24-20)11-22-15(2)18-8-3-4-9-19(18)21/h3-10,12-13,15,22H,11H2,1-2H3/t15-/m0/s1. The van der Waals surface area contributed by atoms with Crippen LogP contribution in [0.1, 0.15) is 29.7 Å². The molecule has 4 heteroatoms. The van der Waals surface area contributed by atoms with Gasteiger partial charge in [-0.2, -0.15) is 0 Å². The van der Waals surface area contributed by atoms with E-state index in [1.54, 1.807) is 0 Å². The van der Waals surface area contributed by atoms with E-state index in [2.05, 4.69) is 41.3 Å². The first kappa shape index (κ1) is 16.6. The van der Waals surface area contributed by atoms with Crippen LogP contribution in [0.4, 0.5) is 0 Å². The molecule has 1 atom stereocenters. The number of halogens is 1. The van der Waals surface area contributed by atoms with Gasteiger partial charge in [0.1, 0.15) is 0 Å². The van der Waals surface area contributed by atoms with Gasteiger partial charge in [0.15, 0.2) is 5.82 Å². The summed E-state index contributed by atoms with van der Waals surface area (Å²) in [5.41, 5.74) is 4.39. The van der Waals surface area contributed by atoms with Crippen LogP contribution in [0.3, 0.4) is 0 Å². The van der Waals surface area contributed by atoms with Crippen molar-refractivity contribution in [1.82, 2.24) is 15.3 Å². The Labute approximate surface area is 147 Å². The quantitative estimate of drug-likeness (QED) is 0.715. The molecule has 0 amide bonds. The van der Waals surface area contributed by atoms with E-state index in [0.717, 1.165) is 27.5 Å². The molecule has 3 aromatic rings. The topological polar surface area (TPSA) is 37.8 Å². The zero-order valence-corrected chi connectivity index (χ0v) is 14.6. The lowest BCUT2D eigenvalue weighted by Gasteiger charge is -2.15. The maximum absolute atomic E-state index is 6.24. The monoisotopic (exact) mass is 337 g/mol. The van der Waals surface area contributed by atoms with Gasteiger partial charge in [0, 0.05) is 41.1 Å². The fourth-order valence-electron chi connectivity index (χ4n) is 2.59. The molecule has 2 aromatic carbocycles. The van der Waals surface area contributed by atoms with Crippen molar-refractivity contribution >= 4 is 11.6 Å². The maximum atomic E-state index is 6.24. The summed E-state index contributed by atoms with van der Waals surface area (Å²) < 4.78 is 0. The summed E-state index contributed by atoms with van der Waals surface area (Å²) in [6.07, 6.45) is 3.74. The van der Waals surface area contributed by atoms with Gasteiger partial charge >= 0.3 is 0 Å². The van der Waals surface area contributed by atoms with E-state index in [9.17, 15) is 0 Å². The van der Waals surface area contributed by atoms with E-state index < -0.39 is 0 Å². The number of nitrogens with one attached hydrogen (secondary N) is 1. The van der Waals surface area contributed by atoms with Gasteiger partial charge in [-0.25, -0.2) is 9.97 Å². The van der Waals surface area contributed by atoms with Crippen LogP contribution in [0.5, 0.6) is 0 Å². The number of nitrogens with zero attached hydrogens (tertiary/aromatic N) is 2. The second-order valence-corrected chi connectivity index (χ2v) is 6.32. The van der Waals surface area contributed by atoms with E-state index in [0.29, 0.717) is 6.54 Å². The molecule has 0 saturated carbocycles. The Bertz CT molecular complexity index is 815. The molecule has 0 aliphatic carbocycles. The van der Waals surface area contributed by atoms with Crippen molar-refractivity contribution in [2.24, 2.45) is 0 Å². The Morgan fingerprint density at radius 2 is 1.79 bits per heavy atom. The van der Waals surface area contributed by atoms with E-state index in [1.807, 2.05) is 48.8 Å². The van der Waals surface area contributed by atoms with Gasteiger partial charge in [-0.05, 0) is 31.5 Å². The Balaban J connectivity index is 1.65. The van der Waals surface area contributed by atoms with Crippen LogP contribution < -0.4 is 5.32 Å². The van der Waals surface area contributed by atoms with Crippen LogP contribution >= 0.6 is 11.6 Å². The van der Waals surface area contributed by atoms with E-state index in [-0.39, 0.29) is 6.04 Å². The lowest BCUT2D eigenvalue weighted by atomic mass is 10.1. The molecule has 0 aliphatic heterocycles. The highest BCUT2D eigenvalue weighted by molar-refractivity contribution is 6.31. The van der Waals surface area contributed by atoms with Gasteiger partial charge in [0.05, 0.1) is 0 Å². The highest BCUT2D eigenvalue weighted by Gasteiger charge is 2.09. The molecule has 24 heavy (non-hydrogen) atoms. The molecular formula is C20H20ClN3. The van der Waals surface area contributed by atoms with Gasteiger partial charge < -0.3 is 5.32 Å². The molecule has 122 valence electrons. The largest absolute Gasteiger partial charge is 0.306 e. The summed E-state index contributed by atoms with van der Waals surface area (Å²) in [5, 5.41) is 4.24. The average molecular weight is 338 g/mol. The summed E-state index contributed by atoms with van der Waals surface area (Å²) in [4.78, 5) is 8.96. The van der Waals surface area contributed by atoms with Crippen molar-refractivity contribution in [3.63, 3.8) is 0 Å². The minimum atomic E-state index is 0.162. The zero-order chi connectivity index (χ0) is 16.9. The van der Waals surface area contributed by atoms with E-state index >= 15 is 0 Å². The highest BCUT2D eigenvalue weighted by atomic mass is 35.5. The molecule has 1 aromatic heterocycles. The molecule has 0 fully saturated rings. The van der Waals surface area contributed by atoms with Gasteiger partial charge in [-0.1, -0.05) is 53.6 Å². The molecule has 1 heterocycles. The Morgan fingerprint density at radius 1 is 1.04 bits per heavy atom. The number of benzene rings is 2. The summed E-state index contributed by atoms with van der Waals surface area (Å²) in [7, 11) is 0. The predicted octanol–water partition coefficient (Wildman–Crippen LogP) is 4.96. The predicted molar refractivity (Wildman–Crippen MR) is 98.9 cm³/mol. The van der Waals surface area contributed by atoms with Crippen LogP contribution in [0.2, 0.25) is 5.02 Å². The summed E-state index contributed by atoms with van der Waals surface area (Å²) >= 11 is 6.24.